The van der Waals surface area contributed by atoms with Gasteiger partial charge >= 0.3 is 0 Å². The first-order valence-corrected chi connectivity index (χ1v) is 19.4. The second-order valence-electron chi connectivity index (χ2n) is 12.7. The third-order valence-electron chi connectivity index (χ3n) is 8.94. The van der Waals surface area contributed by atoms with E-state index in [1.54, 1.807) is 36.0 Å². The monoisotopic (exact) mass is 722 g/mol. The summed E-state index contributed by atoms with van der Waals surface area (Å²) < 4.78 is 42.7. The number of thioether (sulfide) groups is 1. The van der Waals surface area contributed by atoms with Crippen LogP contribution >= 0.6 is 11.8 Å². The average Bonchev–Trinajstić information content (AvgIpc) is 3.15. The zero-order valence-corrected chi connectivity index (χ0v) is 30.1. The number of amides is 1. The molecule has 0 aromatic heterocycles. The van der Waals surface area contributed by atoms with E-state index in [1.165, 1.54) is 12.1 Å². The van der Waals surface area contributed by atoms with Gasteiger partial charge in [0, 0.05) is 27.8 Å². The molecule has 0 unspecified atom stereocenters. The highest BCUT2D eigenvalue weighted by Gasteiger charge is 2.38. The minimum atomic E-state index is -4.00. The van der Waals surface area contributed by atoms with Gasteiger partial charge in [-0.3, -0.25) is 4.79 Å². The lowest BCUT2D eigenvalue weighted by Crippen LogP contribution is -2.45. The molecule has 51 heavy (non-hydrogen) atoms. The topological polar surface area (TPSA) is 114 Å². The zero-order valence-electron chi connectivity index (χ0n) is 28.5. The quantitative estimate of drug-likeness (QED) is 0.107. The molecule has 1 amide bonds. The lowest BCUT2D eigenvalue weighted by Gasteiger charge is -2.41. The molecular formula is C41H42N2O6S2. The number of aliphatic hydroxyl groups is 1. The van der Waals surface area contributed by atoms with Crippen LogP contribution < -0.4 is 10.0 Å². The number of rotatable bonds is 13. The molecule has 0 spiro atoms. The Bertz CT molecular complexity index is 1990. The van der Waals surface area contributed by atoms with Crippen molar-refractivity contribution in [3.8, 4) is 0 Å². The number of hydrogen-bond acceptors (Lipinski definition) is 7. The van der Waals surface area contributed by atoms with Gasteiger partial charge in [0.2, 0.25) is 15.9 Å². The highest BCUT2D eigenvalue weighted by Crippen LogP contribution is 2.43. The van der Waals surface area contributed by atoms with Gasteiger partial charge in [0.15, 0.2) is 6.29 Å². The van der Waals surface area contributed by atoms with E-state index in [0.717, 1.165) is 27.1 Å². The van der Waals surface area contributed by atoms with E-state index < -0.39 is 28.3 Å². The first-order chi connectivity index (χ1) is 24.7. The molecule has 0 radical (unpaired) electrons. The Labute approximate surface area is 304 Å². The van der Waals surface area contributed by atoms with Crippen molar-refractivity contribution in [3.63, 3.8) is 0 Å². The van der Waals surface area contributed by atoms with Crippen LogP contribution in [0.25, 0.3) is 0 Å². The van der Waals surface area contributed by atoms with Crippen molar-refractivity contribution in [2.24, 2.45) is 5.92 Å². The molecule has 264 valence electrons. The maximum absolute atomic E-state index is 13.9. The summed E-state index contributed by atoms with van der Waals surface area (Å²) in [4.78, 5) is 15.1. The first-order valence-electron chi connectivity index (χ1n) is 16.9. The van der Waals surface area contributed by atoms with Crippen molar-refractivity contribution >= 4 is 33.4 Å². The highest BCUT2D eigenvalue weighted by atomic mass is 32.2. The number of hydrogen-bond donors (Lipinski definition) is 3. The Morgan fingerprint density at radius 1 is 0.804 bits per heavy atom. The fourth-order valence-electron chi connectivity index (χ4n) is 6.01. The molecule has 1 aliphatic rings. The molecule has 6 rings (SSSR count). The summed E-state index contributed by atoms with van der Waals surface area (Å²) in [6.45, 7) is 3.96. The molecule has 8 nitrogen and oxygen atoms in total. The summed E-state index contributed by atoms with van der Waals surface area (Å²) in [7, 11) is -4.00. The predicted octanol–water partition coefficient (Wildman–Crippen LogP) is 7.60. The molecule has 0 aliphatic carbocycles. The van der Waals surface area contributed by atoms with Crippen molar-refractivity contribution in [2.45, 2.75) is 61.2 Å². The third-order valence-corrected chi connectivity index (χ3v) is 11.5. The van der Waals surface area contributed by atoms with Gasteiger partial charge in [-0.25, -0.2) is 8.42 Å². The van der Waals surface area contributed by atoms with Crippen molar-refractivity contribution in [3.05, 3.63) is 161 Å². The fraction of sp³-hybridized carbons (Fsp3) is 0.244. The van der Waals surface area contributed by atoms with Crippen LogP contribution in [0.4, 0.5) is 5.69 Å². The van der Waals surface area contributed by atoms with Crippen LogP contribution in [0, 0.1) is 12.8 Å². The number of ether oxygens (including phenoxy) is 2. The maximum atomic E-state index is 13.9. The van der Waals surface area contributed by atoms with Crippen LogP contribution in [0.3, 0.4) is 0 Å². The number of carbonyl (C=O) groups excluding carboxylic acids is 1. The standard InChI is InChI=1S/C41H42N2O6S2/c1-28-16-22-36(23-17-28)51(46,47)43-37(24-30-10-5-3-6-11-30)40(45)42-34-13-9-12-33(25-34)41-48-38(27-50-35-14-7-4-8-15-35)29(2)39(49-41)32-20-18-31(26-44)19-21-32/h3-23,25,29,37-39,41,43-44H,24,26-27H2,1-2H3,(H,42,45)/t29-,37+,38+,39+,41+/m0/s1. The Hall–Kier alpha value is -4.29. The van der Waals surface area contributed by atoms with E-state index in [0.29, 0.717) is 17.0 Å². The van der Waals surface area contributed by atoms with Gasteiger partial charge < -0.3 is 19.9 Å². The third kappa shape index (κ3) is 9.53. The molecule has 10 heteroatoms. The average molecular weight is 723 g/mol. The normalized spacial score (nSPS) is 19.7. The number of nitrogens with one attached hydrogen (secondary N) is 2. The summed E-state index contributed by atoms with van der Waals surface area (Å²) in [6, 6.07) is 40.0. The van der Waals surface area contributed by atoms with E-state index in [9.17, 15) is 18.3 Å². The smallest absolute Gasteiger partial charge is 0.242 e. The SMILES string of the molecule is Cc1ccc(S(=O)(=O)N[C@H](Cc2ccccc2)C(=O)Nc2cccc([C@@H]3O[C@H](CSc4ccccc4)[C@H](C)[C@H](c4ccc(CO)cc4)O3)c2)cc1. The molecule has 0 bridgehead atoms. The van der Waals surface area contributed by atoms with Gasteiger partial charge in [-0.15, -0.1) is 11.8 Å². The number of anilines is 1. The molecule has 5 atom stereocenters. The number of carbonyl (C=O) groups is 1. The number of aliphatic hydroxyl groups excluding tert-OH is 1. The van der Waals surface area contributed by atoms with Gasteiger partial charge in [0.1, 0.15) is 6.04 Å². The molecule has 0 saturated carbocycles. The molecule has 1 fully saturated rings. The predicted molar refractivity (Wildman–Crippen MR) is 201 cm³/mol. The van der Waals surface area contributed by atoms with Gasteiger partial charge in [-0.1, -0.05) is 110 Å². The molecule has 1 aliphatic heterocycles. The summed E-state index contributed by atoms with van der Waals surface area (Å²) in [5.74, 6) is 0.222. The molecule has 5 aromatic carbocycles. The van der Waals surface area contributed by atoms with Crippen LogP contribution in [0.5, 0.6) is 0 Å². The van der Waals surface area contributed by atoms with Gasteiger partial charge in [0.05, 0.1) is 23.7 Å². The van der Waals surface area contributed by atoms with Crippen molar-refractivity contribution in [1.29, 1.82) is 0 Å². The summed E-state index contributed by atoms with van der Waals surface area (Å²) in [5, 5.41) is 12.5. The van der Waals surface area contributed by atoms with E-state index in [-0.39, 0.29) is 36.0 Å². The Balaban J connectivity index is 1.24. The lowest BCUT2D eigenvalue weighted by molar-refractivity contribution is -0.268. The minimum Gasteiger partial charge on any atom is -0.392 e. The zero-order chi connectivity index (χ0) is 35.8. The van der Waals surface area contributed by atoms with E-state index in [4.69, 9.17) is 9.47 Å². The van der Waals surface area contributed by atoms with Crippen LogP contribution in [0.2, 0.25) is 0 Å². The summed E-state index contributed by atoms with van der Waals surface area (Å²) in [6.07, 6.45) is -1.03. The van der Waals surface area contributed by atoms with E-state index in [2.05, 4.69) is 29.1 Å². The molecule has 1 saturated heterocycles. The van der Waals surface area contributed by atoms with Gasteiger partial charge in [-0.2, -0.15) is 4.72 Å². The molecule has 1 heterocycles. The molecule has 3 N–H and O–H groups in total. The highest BCUT2D eigenvalue weighted by molar-refractivity contribution is 7.99. The minimum absolute atomic E-state index is 0.0145. The van der Waals surface area contributed by atoms with Crippen molar-refractivity contribution < 1.29 is 27.8 Å². The van der Waals surface area contributed by atoms with Crippen molar-refractivity contribution in [1.82, 2.24) is 4.72 Å². The summed E-state index contributed by atoms with van der Waals surface area (Å²) >= 11 is 1.72. The van der Waals surface area contributed by atoms with Crippen LogP contribution in [-0.2, 0) is 37.3 Å². The summed E-state index contributed by atoms with van der Waals surface area (Å²) in [5.41, 5.74) is 4.74. The molecule has 5 aromatic rings. The van der Waals surface area contributed by atoms with Gasteiger partial charge in [0.25, 0.3) is 0 Å². The number of aryl methyl sites for hydroxylation is 1. The Morgan fingerprint density at radius 3 is 2.18 bits per heavy atom. The largest absolute Gasteiger partial charge is 0.392 e. The Kier molecular flexibility index (Phi) is 12.0. The van der Waals surface area contributed by atoms with Gasteiger partial charge in [-0.05, 0) is 66.4 Å². The van der Waals surface area contributed by atoms with E-state index >= 15 is 0 Å². The molecular weight excluding hydrogens is 681 g/mol. The lowest BCUT2D eigenvalue weighted by atomic mass is 9.91. The first kappa shape index (κ1) is 36.5. The Morgan fingerprint density at radius 2 is 1.49 bits per heavy atom. The maximum Gasteiger partial charge on any atom is 0.242 e. The number of benzene rings is 5. The number of sulfonamides is 1. The van der Waals surface area contributed by atoms with Crippen LogP contribution in [-0.4, -0.2) is 37.3 Å². The van der Waals surface area contributed by atoms with Crippen molar-refractivity contribution in [2.75, 3.05) is 11.1 Å². The van der Waals surface area contributed by atoms with Crippen LogP contribution in [0.15, 0.2) is 143 Å². The van der Waals surface area contributed by atoms with E-state index in [1.807, 2.05) is 91.9 Å². The second-order valence-corrected chi connectivity index (χ2v) is 15.5. The second kappa shape index (κ2) is 16.8. The van der Waals surface area contributed by atoms with Crippen LogP contribution in [0.1, 0.15) is 47.1 Å². The fourth-order valence-corrected chi connectivity index (χ4v) is 8.29.